The highest BCUT2D eigenvalue weighted by atomic mass is 16.2. The molecule has 1 aliphatic carbocycles. The molecule has 3 nitrogen and oxygen atoms in total. The van der Waals surface area contributed by atoms with Crippen molar-refractivity contribution in [2.24, 2.45) is 16.7 Å². The lowest BCUT2D eigenvalue weighted by Gasteiger charge is -2.46. The van der Waals surface area contributed by atoms with Crippen molar-refractivity contribution < 1.29 is 4.79 Å². The van der Waals surface area contributed by atoms with Gasteiger partial charge in [0.15, 0.2) is 0 Å². The maximum atomic E-state index is 12.5. The lowest BCUT2D eigenvalue weighted by atomic mass is 9.62. The fourth-order valence-corrected chi connectivity index (χ4v) is 3.35. The highest BCUT2D eigenvalue weighted by Crippen LogP contribution is 2.47. The quantitative estimate of drug-likeness (QED) is 0.754. The summed E-state index contributed by atoms with van der Waals surface area (Å²) >= 11 is 0. The average molecular weight is 248 g/mol. The summed E-state index contributed by atoms with van der Waals surface area (Å²) in [4.78, 5) is 14.4. The molecule has 1 aliphatic heterocycles. The average Bonchev–Trinajstić information content (AvgIpc) is 2.35. The molecular formula is C15H24N2O. The largest absolute Gasteiger partial charge is 0.341 e. The van der Waals surface area contributed by atoms with Gasteiger partial charge in [0.05, 0.1) is 6.07 Å². The normalized spacial score (nSPS) is 34.6. The zero-order valence-electron chi connectivity index (χ0n) is 11.8. The van der Waals surface area contributed by atoms with Gasteiger partial charge in [0.25, 0.3) is 0 Å². The van der Waals surface area contributed by atoms with Crippen LogP contribution in [-0.2, 0) is 4.79 Å². The van der Waals surface area contributed by atoms with E-state index in [4.69, 9.17) is 0 Å². The highest BCUT2D eigenvalue weighted by molar-refractivity contribution is 5.86. The highest BCUT2D eigenvalue weighted by Gasteiger charge is 2.51. The van der Waals surface area contributed by atoms with E-state index < -0.39 is 5.41 Å². The molecule has 3 heteroatoms. The van der Waals surface area contributed by atoms with Gasteiger partial charge < -0.3 is 4.90 Å². The van der Waals surface area contributed by atoms with Crippen molar-refractivity contribution in [2.45, 2.75) is 52.9 Å². The molecular weight excluding hydrogens is 224 g/mol. The van der Waals surface area contributed by atoms with Crippen molar-refractivity contribution in [3.8, 4) is 6.07 Å². The lowest BCUT2D eigenvalue weighted by molar-refractivity contribution is -0.147. The number of nitrogens with zero attached hydrogens (tertiary/aromatic N) is 2. The number of likely N-dealkylation sites (tertiary alicyclic amines) is 1. The molecule has 0 spiro atoms. The van der Waals surface area contributed by atoms with Gasteiger partial charge >= 0.3 is 0 Å². The topological polar surface area (TPSA) is 44.1 Å². The van der Waals surface area contributed by atoms with Crippen molar-refractivity contribution >= 4 is 5.91 Å². The molecule has 1 amide bonds. The van der Waals surface area contributed by atoms with Crippen molar-refractivity contribution in [1.29, 1.82) is 5.26 Å². The van der Waals surface area contributed by atoms with Crippen LogP contribution in [0.1, 0.15) is 52.9 Å². The van der Waals surface area contributed by atoms with Crippen LogP contribution in [0.4, 0.5) is 0 Å². The number of carbonyl (C=O) groups is 1. The van der Waals surface area contributed by atoms with Crippen molar-refractivity contribution in [3.05, 3.63) is 0 Å². The van der Waals surface area contributed by atoms with E-state index >= 15 is 0 Å². The summed E-state index contributed by atoms with van der Waals surface area (Å²) < 4.78 is 0. The number of carbonyl (C=O) groups excluding carboxylic acids is 1. The van der Waals surface area contributed by atoms with E-state index in [-0.39, 0.29) is 5.91 Å². The van der Waals surface area contributed by atoms with Gasteiger partial charge in [0.2, 0.25) is 5.91 Å². The Morgan fingerprint density at radius 1 is 1.39 bits per heavy atom. The fourth-order valence-electron chi connectivity index (χ4n) is 3.35. The molecule has 2 fully saturated rings. The molecule has 2 aliphatic rings. The predicted molar refractivity (Wildman–Crippen MR) is 70.7 cm³/mol. The van der Waals surface area contributed by atoms with E-state index in [1.807, 2.05) is 4.90 Å². The maximum absolute atomic E-state index is 12.5. The third kappa shape index (κ3) is 2.13. The number of hydrogen-bond donors (Lipinski definition) is 0. The summed E-state index contributed by atoms with van der Waals surface area (Å²) in [7, 11) is 0. The second-order valence-electron chi connectivity index (χ2n) is 6.66. The van der Waals surface area contributed by atoms with E-state index in [0.717, 1.165) is 38.8 Å². The molecule has 0 radical (unpaired) electrons. The Morgan fingerprint density at radius 2 is 1.94 bits per heavy atom. The number of nitriles is 1. The molecule has 0 aromatic heterocycles. The Bertz CT molecular complexity index is 368. The summed E-state index contributed by atoms with van der Waals surface area (Å²) in [6.07, 6.45) is 4.84. The third-order valence-corrected chi connectivity index (χ3v) is 5.13. The van der Waals surface area contributed by atoms with Gasteiger partial charge in [0.1, 0.15) is 5.41 Å². The molecule has 0 aromatic carbocycles. The Labute approximate surface area is 110 Å². The zero-order valence-corrected chi connectivity index (χ0v) is 11.8. The molecule has 0 unspecified atom stereocenters. The molecule has 2 rings (SSSR count). The monoisotopic (exact) mass is 248 g/mol. The van der Waals surface area contributed by atoms with Crippen LogP contribution in [-0.4, -0.2) is 23.9 Å². The molecule has 18 heavy (non-hydrogen) atoms. The molecule has 0 N–H and O–H groups in total. The molecule has 100 valence electrons. The van der Waals surface area contributed by atoms with E-state index in [0.29, 0.717) is 11.3 Å². The van der Waals surface area contributed by atoms with Gasteiger partial charge in [0, 0.05) is 13.1 Å². The van der Waals surface area contributed by atoms with Crippen LogP contribution in [0.5, 0.6) is 0 Å². The van der Waals surface area contributed by atoms with Gasteiger partial charge in [-0.25, -0.2) is 0 Å². The van der Waals surface area contributed by atoms with Crippen molar-refractivity contribution in [2.75, 3.05) is 13.1 Å². The molecule has 1 saturated carbocycles. The third-order valence-electron chi connectivity index (χ3n) is 5.13. The van der Waals surface area contributed by atoms with Crippen LogP contribution in [0.3, 0.4) is 0 Å². The number of hydrogen-bond acceptors (Lipinski definition) is 2. The van der Waals surface area contributed by atoms with E-state index in [2.05, 4.69) is 26.8 Å². The predicted octanol–water partition coefficient (Wildman–Crippen LogP) is 2.96. The number of piperidine rings is 1. The summed E-state index contributed by atoms with van der Waals surface area (Å²) in [5, 5.41) is 9.31. The molecule has 1 saturated heterocycles. The smallest absolute Gasteiger partial charge is 0.243 e. The maximum Gasteiger partial charge on any atom is 0.243 e. The van der Waals surface area contributed by atoms with E-state index in [1.165, 1.54) is 6.42 Å². The first kappa shape index (κ1) is 13.4. The van der Waals surface area contributed by atoms with Crippen molar-refractivity contribution in [1.82, 2.24) is 4.90 Å². The first-order chi connectivity index (χ1) is 8.45. The Balaban J connectivity index is 1.98. The minimum atomic E-state index is -0.681. The second kappa shape index (κ2) is 4.57. The van der Waals surface area contributed by atoms with Gasteiger partial charge in [-0.3, -0.25) is 4.79 Å². The molecule has 0 atom stereocenters. The molecule has 1 heterocycles. The number of amides is 1. The van der Waals surface area contributed by atoms with E-state index in [9.17, 15) is 10.1 Å². The van der Waals surface area contributed by atoms with Crippen LogP contribution in [0, 0.1) is 28.1 Å². The first-order valence-electron chi connectivity index (χ1n) is 7.15. The van der Waals surface area contributed by atoms with Crippen LogP contribution in [0.25, 0.3) is 0 Å². The summed E-state index contributed by atoms with van der Waals surface area (Å²) in [5.41, 5.74) is -0.289. The number of rotatable bonds is 2. The lowest BCUT2D eigenvalue weighted by Crippen LogP contribution is -2.53. The standard InChI is InChI=1S/C15H24N2O/c1-4-14(3)5-7-17(8-6-14)13(18)15(11-16)9-12(2)10-15/h12H,4-10H2,1-3H3. The summed E-state index contributed by atoms with van der Waals surface area (Å²) in [6.45, 7) is 8.32. The van der Waals surface area contributed by atoms with E-state index in [1.54, 1.807) is 0 Å². The molecule has 0 bridgehead atoms. The van der Waals surface area contributed by atoms with Gasteiger partial charge in [-0.05, 0) is 37.0 Å². The zero-order chi connectivity index (χ0) is 13.4. The first-order valence-corrected chi connectivity index (χ1v) is 7.15. The van der Waals surface area contributed by atoms with Crippen LogP contribution < -0.4 is 0 Å². The molecule has 0 aromatic rings. The fraction of sp³-hybridized carbons (Fsp3) is 0.867. The van der Waals surface area contributed by atoms with Gasteiger partial charge in [-0.1, -0.05) is 27.2 Å². The van der Waals surface area contributed by atoms with Crippen LogP contribution in [0.2, 0.25) is 0 Å². The summed E-state index contributed by atoms with van der Waals surface area (Å²) in [5.74, 6) is 0.626. The Morgan fingerprint density at radius 3 is 2.33 bits per heavy atom. The summed E-state index contributed by atoms with van der Waals surface area (Å²) in [6, 6.07) is 2.29. The Hall–Kier alpha value is -1.04. The van der Waals surface area contributed by atoms with Crippen LogP contribution >= 0.6 is 0 Å². The minimum Gasteiger partial charge on any atom is -0.341 e. The van der Waals surface area contributed by atoms with Crippen molar-refractivity contribution in [3.63, 3.8) is 0 Å². The SMILES string of the molecule is CCC1(C)CCN(C(=O)C2(C#N)CC(C)C2)CC1. The van der Waals surface area contributed by atoms with Gasteiger partial charge in [-0.2, -0.15) is 5.26 Å². The Kier molecular flexibility index (Phi) is 3.40. The van der Waals surface area contributed by atoms with Gasteiger partial charge in [-0.15, -0.1) is 0 Å². The second-order valence-corrected chi connectivity index (χ2v) is 6.66. The minimum absolute atomic E-state index is 0.0984. The van der Waals surface area contributed by atoms with Crippen LogP contribution in [0.15, 0.2) is 0 Å².